The Morgan fingerprint density at radius 1 is 1.48 bits per heavy atom. The second kappa shape index (κ2) is 7.00. The number of carbonyl (C=O) groups is 2. The molecule has 2 saturated heterocycles. The molecule has 5 nitrogen and oxygen atoms in total. The highest BCUT2D eigenvalue weighted by Crippen LogP contribution is 2.31. The van der Waals surface area contributed by atoms with Crippen molar-refractivity contribution in [3.63, 3.8) is 0 Å². The van der Waals surface area contributed by atoms with Gasteiger partial charge in [0.15, 0.2) is 4.32 Å². The highest BCUT2D eigenvalue weighted by Gasteiger charge is 2.34. The summed E-state index contributed by atoms with van der Waals surface area (Å²) >= 11 is 12.4. The molecule has 0 radical (unpaired) electrons. The number of hydrazine groups is 1. The second-order valence-electron chi connectivity index (χ2n) is 5.16. The van der Waals surface area contributed by atoms with Crippen LogP contribution in [0.15, 0.2) is 35.2 Å². The molecule has 120 valence electrons. The summed E-state index contributed by atoms with van der Waals surface area (Å²) in [5, 5.41) is 4.72. The largest absolute Gasteiger partial charge is 0.310 e. The summed E-state index contributed by atoms with van der Waals surface area (Å²) in [7, 11) is 0. The van der Waals surface area contributed by atoms with Gasteiger partial charge in [-0.1, -0.05) is 35.5 Å². The fourth-order valence-corrected chi connectivity index (χ4v) is 3.86. The Kier molecular flexibility index (Phi) is 5.01. The van der Waals surface area contributed by atoms with Gasteiger partial charge < -0.3 is 5.32 Å². The van der Waals surface area contributed by atoms with Gasteiger partial charge in [0, 0.05) is 6.04 Å². The number of hydrogen-bond acceptors (Lipinski definition) is 5. The quantitative estimate of drug-likeness (QED) is 0.635. The smallest absolute Gasteiger partial charge is 0.284 e. The molecule has 0 spiro atoms. The number of nitrogens with one attached hydrogen (secondary N) is 2. The normalized spacial score (nSPS) is 22.9. The molecular weight excluding hydrogens is 354 g/mol. The third-order valence-electron chi connectivity index (χ3n) is 3.58. The first-order valence-electron chi connectivity index (χ1n) is 7.13. The topological polar surface area (TPSA) is 61.4 Å². The van der Waals surface area contributed by atoms with Gasteiger partial charge in [-0.05, 0) is 49.8 Å². The summed E-state index contributed by atoms with van der Waals surface area (Å²) < 4.78 is 0.305. The van der Waals surface area contributed by atoms with Gasteiger partial charge in [-0.2, -0.15) is 5.01 Å². The van der Waals surface area contributed by atoms with Crippen molar-refractivity contribution >= 4 is 51.7 Å². The summed E-state index contributed by atoms with van der Waals surface area (Å²) in [4.78, 5) is 25.2. The number of hydrogen-bond donors (Lipinski definition) is 2. The first-order chi connectivity index (χ1) is 11.1. The first-order valence-corrected chi connectivity index (χ1v) is 8.73. The lowest BCUT2D eigenvalue weighted by atomic mass is 10.2. The van der Waals surface area contributed by atoms with Crippen LogP contribution in [0, 0.1) is 0 Å². The zero-order valence-corrected chi connectivity index (χ0v) is 14.4. The van der Waals surface area contributed by atoms with Crippen LogP contribution in [0.1, 0.15) is 23.2 Å². The van der Waals surface area contributed by atoms with Crippen LogP contribution in [0.3, 0.4) is 0 Å². The summed E-state index contributed by atoms with van der Waals surface area (Å²) in [6.45, 7) is 0.949. The lowest BCUT2D eigenvalue weighted by Gasteiger charge is -2.16. The number of amides is 2. The molecule has 2 heterocycles. The second-order valence-corrected chi connectivity index (χ2v) is 7.25. The standard InChI is InChI=1S/C15H14ClN3O2S2/c16-11-6-2-1-5-10(11)13(20)18-19-14(21)12(23-15(19)22)8-9-4-3-7-17-9/h1-2,5-6,8-9,17H,3-4,7H2,(H,18,20)/b12-8-. The molecule has 0 saturated carbocycles. The van der Waals surface area contributed by atoms with Gasteiger partial charge in [-0.3, -0.25) is 15.0 Å². The fraction of sp³-hybridized carbons (Fsp3) is 0.267. The van der Waals surface area contributed by atoms with E-state index in [1.165, 1.54) is 11.8 Å². The van der Waals surface area contributed by atoms with Crippen LogP contribution in [-0.4, -0.2) is 33.7 Å². The lowest BCUT2D eigenvalue weighted by Crippen LogP contribution is -2.45. The zero-order valence-electron chi connectivity index (χ0n) is 12.0. The van der Waals surface area contributed by atoms with Gasteiger partial charge in [0.1, 0.15) is 0 Å². The molecule has 0 aliphatic carbocycles. The maximum atomic E-state index is 12.4. The number of thiocarbonyl (C=S) groups is 1. The zero-order chi connectivity index (χ0) is 16.4. The van der Waals surface area contributed by atoms with Gasteiger partial charge in [0.25, 0.3) is 11.8 Å². The van der Waals surface area contributed by atoms with Crippen LogP contribution < -0.4 is 10.7 Å². The van der Waals surface area contributed by atoms with Crippen molar-refractivity contribution in [1.29, 1.82) is 0 Å². The Hall–Kier alpha value is -1.41. The SMILES string of the molecule is O=C(NN1C(=O)/C(=C/C2CCCN2)SC1=S)c1ccccc1Cl. The maximum absolute atomic E-state index is 12.4. The minimum absolute atomic E-state index is 0.184. The van der Waals surface area contributed by atoms with Crippen LogP contribution in [0.2, 0.25) is 5.02 Å². The van der Waals surface area contributed by atoms with E-state index in [4.69, 9.17) is 23.8 Å². The van der Waals surface area contributed by atoms with Crippen LogP contribution in [0.25, 0.3) is 0 Å². The number of halogens is 1. The fourth-order valence-electron chi connectivity index (χ4n) is 2.42. The van der Waals surface area contributed by atoms with E-state index in [0.29, 0.717) is 19.8 Å². The van der Waals surface area contributed by atoms with Gasteiger partial charge in [-0.15, -0.1) is 0 Å². The number of thioether (sulfide) groups is 1. The molecule has 23 heavy (non-hydrogen) atoms. The van der Waals surface area contributed by atoms with Crippen molar-refractivity contribution in [3.05, 3.63) is 45.8 Å². The minimum atomic E-state index is -0.466. The molecular formula is C15H14ClN3O2S2. The molecule has 1 atom stereocenters. The highest BCUT2D eigenvalue weighted by molar-refractivity contribution is 8.26. The van der Waals surface area contributed by atoms with E-state index in [0.717, 1.165) is 24.4 Å². The predicted octanol–water partition coefficient (Wildman–Crippen LogP) is 2.48. The monoisotopic (exact) mass is 367 g/mol. The molecule has 2 aliphatic rings. The van der Waals surface area contributed by atoms with Crippen LogP contribution in [-0.2, 0) is 4.79 Å². The molecule has 0 bridgehead atoms. The third-order valence-corrected chi connectivity index (χ3v) is 5.23. The van der Waals surface area contributed by atoms with Crippen LogP contribution in [0.5, 0.6) is 0 Å². The van der Waals surface area contributed by atoms with E-state index >= 15 is 0 Å². The van der Waals surface area contributed by atoms with Gasteiger partial charge in [0.2, 0.25) is 0 Å². The van der Waals surface area contributed by atoms with E-state index < -0.39 is 5.91 Å². The van der Waals surface area contributed by atoms with E-state index in [-0.39, 0.29) is 11.9 Å². The predicted molar refractivity (Wildman–Crippen MR) is 95.1 cm³/mol. The van der Waals surface area contributed by atoms with Crippen LogP contribution >= 0.6 is 35.6 Å². The van der Waals surface area contributed by atoms with Crippen molar-refractivity contribution in [3.8, 4) is 0 Å². The molecule has 0 aromatic heterocycles. The third kappa shape index (κ3) is 3.58. The van der Waals surface area contributed by atoms with E-state index in [9.17, 15) is 9.59 Å². The number of nitrogens with zero attached hydrogens (tertiary/aromatic N) is 1. The molecule has 2 N–H and O–H groups in total. The van der Waals surface area contributed by atoms with E-state index in [1.807, 2.05) is 6.08 Å². The molecule has 1 aromatic rings. The number of carbonyl (C=O) groups excluding carboxylic acids is 2. The van der Waals surface area contributed by atoms with Crippen molar-refractivity contribution in [1.82, 2.24) is 15.8 Å². The molecule has 1 aromatic carbocycles. The Balaban J connectivity index is 1.73. The molecule has 2 aliphatic heterocycles. The van der Waals surface area contributed by atoms with Crippen molar-refractivity contribution in [2.24, 2.45) is 0 Å². The number of rotatable bonds is 3. The summed E-state index contributed by atoms with van der Waals surface area (Å²) in [5.41, 5.74) is 2.82. The average molecular weight is 368 g/mol. The average Bonchev–Trinajstić information content (AvgIpc) is 3.12. The van der Waals surface area contributed by atoms with E-state index in [1.54, 1.807) is 24.3 Å². The molecule has 2 amide bonds. The van der Waals surface area contributed by atoms with Crippen molar-refractivity contribution < 1.29 is 9.59 Å². The summed E-state index contributed by atoms with van der Waals surface area (Å²) in [6.07, 6.45) is 3.97. The molecule has 8 heteroatoms. The van der Waals surface area contributed by atoms with Crippen molar-refractivity contribution in [2.45, 2.75) is 18.9 Å². The maximum Gasteiger partial charge on any atom is 0.284 e. The van der Waals surface area contributed by atoms with Gasteiger partial charge in [-0.25, -0.2) is 0 Å². The molecule has 1 unspecified atom stereocenters. The molecule has 3 rings (SSSR count). The van der Waals surface area contributed by atoms with Crippen molar-refractivity contribution in [2.75, 3.05) is 6.54 Å². The Labute approximate surface area is 148 Å². The lowest BCUT2D eigenvalue weighted by molar-refractivity contribution is -0.123. The number of benzene rings is 1. The Morgan fingerprint density at radius 3 is 2.96 bits per heavy atom. The van der Waals surface area contributed by atoms with E-state index in [2.05, 4.69) is 10.7 Å². The van der Waals surface area contributed by atoms with Gasteiger partial charge >= 0.3 is 0 Å². The van der Waals surface area contributed by atoms with Gasteiger partial charge in [0.05, 0.1) is 15.5 Å². The summed E-state index contributed by atoms with van der Waals surface area (Å²) in [5.74, 6) is -0.777. The molecule has 2 fully saturated rings. The first kappa shape index (κ1) is 16.4. The van der Waals surface area contributed by atoms with Crippen LogP contribution in [0.4, 0.5) is 0 Å². The highest BCUT2D eigenvalue weighted by atomic mass is 35.5. The summed E-state index contributed by atoms with van der Waals surface area (Å²) in [6, 6.07) is 6.83. The Morgan fingerprint density at radius 2 is 2.26 bits per heavy atom. The minimum Gasteiger partial charge on any atom is -0.310 e. The Bertz CT molecular complexity index is 702.